The first-order valence-corrected chi connectivity index (χ1v) is 8.38. The zero-order valence-corrected chi connectivity index (χ0v) is 14.7. The third kappa shape index (κ3) is 3.42. The average Bonchev–Trinajstić information content (AvgIpc) is 3.06. The number of hydrogen-bond acceptors (Lipinski definition) is 5. The molecule has 1 fully saturated rings. The summed E-state index contributed by atoms with van der Waals surface area (Å²) in [5.41, 5.74) is 4.05. The lowest BCUT2D eigenvalue weighted by molar-refractivity contribution is -0.123. The SMILES string of the molecule is Cc1ccc(C(=O)NN2C(=O)/C(=C/c3ccc(C)o3)SC2=S)cc1. The molecule has 5 nitrogen and oxygen atoms in total. The molecule has 2 aromatic rings. The Morgan fingerprint density at radius 3 is 2.54 bits per heavy atom. The summed E-state index contributed by atoms with van der Waals surface area (Å²) in [4.78, 5) is 25.1. The highest BCUT2D eigenvalue weighted by molar-refractivity contribution is 8.26. The van der Waals surface area contributed by atoms with E-state index in [2.05, 4.69) is 5.43 Å². The first-order valence-electron chi connectivity index (χ1n) is 7.16. The van der Waals surface area contributed by atoms with Crippen LogP contribution in [0.15, 0.2) is 45.7 Å². The number of hydrogen-bond donors (Lipinski definition) is 1. The molecule has 0 unspecified atom stereocenters. The van der Waals surface area contributed by atoms with Gasteiger partial charge in [0.1, 0.15) is 11.5 Å². The zero-order chi connectivity index (χ0) is 17.3. The Balaban J connectivity index is 1.76. The molecule has 0 bridgehead atoms. The maximum absolute atomic E-state index is 12.4. The predicted molar refractivity (Wildman–Crippen MR) is 97.1 cm³/mol. The molecule has 2 heterocycles. The van der Waals surface area contributed by atoms with Crippen LogP contribution in [0.3, 0.4) is 0 Å². The van der Waals surface area contributed by atoms with Crippen LogP contribution in [0.1, 0.15) is 27.4 Å². The molecule has 1 saturated heterocycles. The quantitative estimate of drug-likeness (QED) is 0.673. The van der Waals surface area contributed by atoms with Gasteiger partial charge in [0, 0.05) is 11.6 Å². The topological polar surface area (TPSA) is 62.6 Å². The molecule has 1 aliphatic heterocycles. The summed E-state index contributed by atoms with van der Waals surface area (Å²) < 4.78 is 5.71. The maximum atomic E-state index is 12.4. The maximum Gasteiger partial charge on any atom is 0.285 e. The van der Waals surface area contributed by atoms with Crippen molar-refractivity contribution in [1.82, 2.24) is 10.4 Å². The number of thioether (sulfide) groups is 1. The number of amides is 2. The van der Waals surface area contributed by atoms with Crippen LogP contribution in [0.5, 0.6) is 0 Å². The molecular weight excluding hydrogens is 344 g/mol. The Bertz CT molecular complexity index is 853. The van der Waals surface area contributed by atoms with Gasteiger partial charge in [0.05, 0.1) is 4.91 Å². The molecular formula is C17H14N2O3S2. The number of nitrogens with zero attached hydrogens (tertiary/aromatic N) is 1. The van der Waals surface area contributed by atoms with E-state index in [9.17, 15) is 9.59 Å². The summed E-state index contributed by atoms with van der Waals surface area (Å²) in [7, 11) is 0. The largest absolute Gasteiger partial charge is 0.462 e. The standard InChI is InChI=1S/C17H14N2O3S2/c1-10-3-6-12(7-4-10)15(20)18-19-16(21)14(24-17(19)23)9-13-8-5-11(2)22-13/h3-9H,1-2H3,(H,18,20)/b14-9-. The Morgan fingerprint density at radius 2 is 1.92 bits per heavy atom. The van der Waals surface area contributed by atoms with Gasteiger partial charge < -0.3 is 4.42 Å². The van der Waals surface area contributed by atoms with E-state index in [1.165, 1.54) is 0 Å². The molecule has 0 spiro atoms. The van der Waals surface area contributed by atoms with E-state index in [1.54, 1.807) is 24.3 Å². The summed E-state index contributed by atoms with van der Waals surface area (Å²) in [6.07, 6.45) is 1.62. The molecule has 0 radical (unpaired) electrons. The highest BCUT2D eigenvalue weighted by Gasteiger charge is 2.34. The van der Waals surface area contributed by atoms with Gasteiger partial charge in [-0.3, -0.25) is 15.0 Å². The Hall–Kier alpha value is -2.38. The first-order chi connectivity index (χ1) is 11.4. The van der Waals surface area contributed by atoms with Gasteiger partial charge in [0.15, 0.2) is 4.32 Å². The minimum absolute atomic E-state index is 0.273. The molecule has 0 atom stereocenters. The fourth-order valence-electron chi connectivity index (χ4n) is 2.10. The number of furan rings is 1. The van der Waals surface area contributed by atoms with Crippen LogP contribution in [0.2, 0.25) is 0 Å². The van der Waals surface area contributed by atoms with E-state index < -0.39 is 0 Å². The molecule has 0 saturated carbocycles. The van der Waals surface area contributed by atoms with E-state index in [-0.39, 0.29) is 16.1 Å². The van der Waals surface area contributed by atoms with Crippen molar-refractivity contribution in [1.29, 1.82) is 0 Å². The normalized spacial score (nSPS) is 16.1. The van der Waals surface area contributed by atoms with Crippen molar-refractivity contribution in [2.24, 2.45) is 0 Å². The van der Waals surface area contributed by atoms with Crippen LogP contribution < -0.4 is 5.43 Å². The van der Waals surface area contributed by atoms with Crippen molar-refractivity contribution >= 4 is 46.2 Å². The van der Waals surface area contributed by atoms with Crippen LogP contribution in [-0.4, -0.2) is 21.1 Å². The number of benzene rings is 1. The second-order valence-corrected chi connectivity index (χ2v) is 6.95. The zero-order valence-electron chi connectivity index (χ0n) is 13.0. The van der Waals surface area contributed by atoms with E-state index in [0.29, 0.717) is 16.2 Å². The van der Waals surface area contributed by atoms with Gasteiger partial charge in [0.25, 0.3) is 11.8 Å². The third-order valence-corrected chi connectivity index (χ3v) is 4.66. The van der Waals surface area contributed by atoms with Crippen LogP contribution in [0.4, 0.5) is 0 Å². The molecule has 1 N–H and O–H groups in total. The minimum Gasteiger partial charge on any atom is -0.462 e. The second kappa shape index (κ2) is 6.62. The van der Waals surface area contributed by atoms with Gasteiger partial charge in [-0.1, -0.05) is 29.5 Å². The molecule has 3 rings (SSSR count). The lowest BCUT2D eigenvalue weighted by Gasteiger charge is -2.15. The fourth-order valence-corrected chi connectivity index (χ4v) is 3.25. The highest BCUT2D eigenvalue weighted by atomic mass is 32.2. The minimum atomic E-state index is -0.388. The van der Waals surface area contributed by atoms with Crippen molar-refractivity contribution in [2.45, 2.75) is 13.8 Å². The number of rotatable bonds is 3. The molecule has 1 aromatic heterocycles. The second-order valence-electron chi connectivity index (χ2n) is 5.27. The van der Waals surface area contributed by atoms with Crippen molar-refractivity contribution in [2.75, 3.05) is 0 Å². The Kier molecular flexibility index (Phi) is 4.55. The lowest BCUT2D eigenvalue weighted by atomic mass is 10.1. The van der Waals surface area contributed by atoms with Gasteiger partial charge in [-0.15, -0.1) is 0 Å². The highest BCUT2D eigenvalue weighted by Crippen LogP contribution is 2.31. The van der Waals surface area contributed by atoms with Gasteiger partial charge in [0.2, 0.25) is 0 Å². The summed E-state index contributed by atoms with van der Waals surface area (Å²) in [6.45, 7) is 3.76. The van der Waals surface area contributed by atoms with Gasteiger partial charge in [-0.2, -0.15) is 5.01 Å². The van der Waals surface area contributed by atoms with Gasteiger partial charge >= 0.3 is 0 Å². The molecule has 0 aliphatic carbocycles. The van der Waals surface area contributed by atoms with E-state index in [1.807, 2.05) is 32.0 Å². The van der Waals surface area contributed by atoms with Crippen LogP contribution >= 0.6 is 24.0 Å². The Morgan fingerprint density at radius 1 is 1.21 bits per heavy atom. The molecule has 122 valence electrons. The van der Waals surface area contributed by atoms with E-state index in [0.717, 1.165) is 28.1 Å². The number of nitrogens with one attached hydrogen (secondary N) is 1. The first kappa shape index (κ1) is 16.5. The lowest BCUT2D eigenvalue weighted by Crippen LogP contribution is -2.44. The number of aryl methyl sites for hydroxylation is 2. The van der Waals surface area contributed by atoms with Crippen LogP contribution in [0, 0.1) is 13.8 Å². The number of hydrazine groups is 1. The van der Waals surface area contributed by atoms with Crippen molar-refractivity contribution in [3.05, 3.63) is 64.0 Å². The van der Waals surface area contributed by atoms with Crippen molar-refractivity contribution in [3.8, 4) is 0 Å². The monoisotopic (exact) mass is 358 g/mol. The summed E-state index contributed by atoms with van der Waals surface area (Å²) >= 11 is 6.31. The number of carbonyl (C=O) groups excluding carboxylic acids is 2. The Labute approximate surface area is 148 Å². The predicted octanol–water partition coefficient (Wildman–Crippen LogP) is 3.44. The smallest absolute Gasteiger partial charge is 0.285 e. The van der Waals surface area contributed by atoms with E-state index >= 15 is 0 Å². The van der Waals surface area contributed by atoms with Gasteiger partial charge in [-0.25, -0.2) is 0 Å². The van der Waals surface area contributed by atoms with Crippen molar-refractivity contribution < 1.29 is 14.0 Å². The van der Waals surface area contributed by atoms with Crippen LogP contribution in [-0.2, 0) is 4.79 Å². The van der Waals surface area contributed by atoms with E-state index in [4.69, 9.17) is 16.6 Å². The fraction of sp³-hybridized carbons (Fsp3) is 0.118. The van der Waals surface area contributed by atoms with Crippen molar-refractivity contribution in [3.63, 3.8) is 0 Å². The molecule has 2 amide bonds. The molecule has 1 aromatic carbocycles. The molecule has 7 heteroatoms. The number of thiocarbonyl (C=S) groups is 1. The third-order valence-electron chi connectivity index (χ3n) is 3.36. The number of carbonyl (C=O) groups is 2. The molecule has 24 heavy (non-hydrogen) atoms. The van der Waals surface area contributed by atoms with Crippen LogP contribution in [0.25, 0.3) is 6.08 Å². The summed E-state index contributed by atoms with van der Waals surface area (Å²) in [5, 5.41) is 1.09. The molecule has 1 aliphatic rings. The summed E-state index contributed by atoms with van der Waals surface area (Å²) in [5.74, 6) is 0.558. The summed E-state index contributed by atoms with van der Waals surface area (Å²) in [6, 6.07) is 10.6. The average molecular weight is 358 g/mol. The van der Waals surface area contributed by atoms with Gasteiger partial charge in [-0.05, 0) is 50.3 Å².